The molecule has 0 N–H and O–H groups in total. The Labute approximate surface area is 140 Å². The first kappa shape index (κ1) is 15.6. The summed E-state index contributed by atoms with van der Waals surface area (Å²) in [5, 5.41) is 6.14. The molecule has 0 amide bonds. The smallest absolute Gasteiger partial charge is 0.175 e. The Balaban J connectivity index is 1.65. The first-order chi connectivity index (χ1) is 11.8. The molecule has 0 aliphatic rings. The van der Waals surface area contributed by atoms with Crippen LogP contribution in [0.15, 0.2) is 60.0 Å². The van der Waals surface area contributed by atoms with Crippen molar-refractivity contribution >= 4 is 16.5 Å². The summed E-state index contributed by atoms with van der Waals surface area (Å²) in [5.41, 5.74) is 2.11. The number of hydrogen-bond donors (Lipinski definition) is 0. The van der Waals surface area contributed by atoms with E-state index < -0.39 is 0 Å². The minimum atomic E-state index is 0.276. The van der Waals surface area contributed by atoms with Gasteiger partial charge in [0.25, 0.3) is 0 Å². The molecule has 0 spiro atoms. The Hall–Kier alpha value is -3.26. The summed E-state index contributed by atoms with van der Waals surface area (Å²) in [6.07, 6.45) is 3.86. The first-order valence-corrected chi connectivity index (χ1v) is 7.50. The second kappa shape index (κ2) is 7.34. The van der Waals surface area contributed by atoms with Crippen LogP contribution in [0.3, 0.4) is 0 Å². The van der Waals surface area contributed by atoms with Gasteiger partial charge in [0.15, 0.2) is 6.61 Å². The minimum Gasteiger partial charge on any atom is -0.401 e. The molecular weight excluding hydrogens is 302 g/mol. The molecular formula is C19H17N3O2. The molecule has 0 bridgehead atoms. The molecule has 3 rings (SSSR count). The number of fused-ring (bicyclic) bond motifs is 1. The highest BCUT2D eigenvalue weighted by atomic mass is 16.7. The Morgan fingerprint density at radius 1 is 1.12 bits per heavy atom. The molecule has 0 aliphatic heterocycles. The van der Waals surface area contributed by atoms with Gasteiger partial charge in [-0.2, -0.15) is 4.73 Å². The molecule has 2 heterocycles. The predicted molar refractivity (Wildman–Crippen MR) is 93.7 cm³/mol. The first-order valence-electron chi connectivity index (χ1n) is 7.50. The van der Waals surface area contributed by atoms with Gasteiger partial charge < -0.3 is 9.68 Å². The third-order valence-electron chi connectivity index (χ3n) is 3.38. The van der Waals surface area contributed by atoms with Crippen LogP contribution in [-0.4, -0.2) is 29.1 Å². The van der Waals surface area contributed by atoms with Crippen LogP contribution in [0.4, 0.5) is 0 Å². The van der Waals surface area contributed by atoms with E-state index in [0.717, 1.165) is 16.5 Å². The zero-order chi connectivity index (χ0) is 16.8. The summed E-state index contributed by atoms with van der Waals surface area (Å²) in [5.74, 6) is 5.96. The van der Waals surface area contributed by atoms with Crippen molar-refractivity contribution in [2.45, 2.75) is 6.92 Å². The lowest BCUT2D eigenvalue weighted by molar-refractivity contribution is 0.141. The molecule has 0 aliphatic carbocycles. The minimum absolute atomic E-state index is 0.276. The number of aromatic nitrogens is 2. The lowest BCUT2D eigenvalue weighted by Gasteiger charge is -2.01. The maximum atomic E-state index is 5.60. The van der Waals surface area contributed by atoms with Crippen LogP contribution < -0.4 is 4.84 Å². The molecule has 0 fully saturated rings. The summed E-state index contributed by atoms with van der Waals surface area (Å²) in [6.45, 7) is 2.11. The normalized spacial score (nSPS) is 11.0. The van der Waals surface area contributed by atoms with Crippen LogP contribution in [0, 0.1) is 11.8 Å². The van der Waals surface area contributed by atoms with Crippen molar-refractivity contribution in [1.29, 1.82) is 0 Å². The fraction of sp³-hybridized carbons (Fsp3) is 0.158. The molecule has 24 heavy (non-hydrogen) atoms. The van der Waals surface area contributed by atoms with Gasteiger partial charge in [-0.25, -0.2) is 4.98 Å². The van der Waals surface area contributed by atoms with E-state index in [-0.39, 0.29) is 6.61 Å². The third-order valence-corrected chi connectivity index (χ3v) is 3.38. The number of benzene rings is 1. The highest BCUT2D eigenvalue weighted by Gasteiger charge is 2.00. The molecule has 0 atom stereocenters. The lowest BCUT2D eigenvalue weighted by atomic mass is 10.2. The standard InChI is InChI=1S/C19H17N3O2/c1-15(21-23-2)19-11-5-9-18(20-19)10-6-12-24-22-13-16-7-3-4-8-17(16)14-22/h3-5,7-9,11,13-14H,12H2,1-2H3/b21-15+. The van der Waals surface area contributed by atoms with Crippen LogP contribution >= 0.6 is 0 Å². The zero-order valence-corrected chi connectivity index (χ0v) is 13.6. The molecule has 0 saturated carbocycles. The van der Waals surface area contributed by atoms with Gasteiger partial charge in [0, 0.05) is 10.8 Å². The van der Waals surface area contributed by atoms with Crippen molar-refractivity contribution in [3.8, 4) is 11.8 Å². The quantitative estimate of drug-likeness (QED) is 0.422. The van der Waals surface area contributed by atoms with Crippen molar-refractivity contribution in [2.24, 2.45) is 5.16 Å². The van der Waals surface area contributed by atoms with Crippen LogP contribution in [0.5, 0.6) is 0 Å². The largest absolute Gasteiger partial charge is 0.401 e. The summed E-state index contributed by atoms with van der Waals surface area (Å²) in [7, 11) is 1.51. The van der Waals surface area contributed by atoms with Gasteiger partial charge in [0.05, 0.1) is 18.1 Å². The molecule has 5 heteroatoms. The molecule has 0 radical (unpaired) electrons. The molecule has 0 saturated heterocycles. The molecule has 5 nitrogen and oxygen atoms in total. The Bertz CT molecular complexity index is 899. The highest BCUT2D eigenvalue weighted by molar-refractivity contribution is 5.96. The SMILES string of the molecule is CO/N=C(\C)c1cccc(C#CCOn2cc3ccccc3c2)n1. The van der Waals surface area contributed by atoms with Gasteiger partial charge >= 0.3 is 0 Å². The summed E-state index contributed by atoms with van der Waals surface area (Å²) < 4.78 is 1.68. The van der Waals surface area contributed by atoms with Crippen molar-refractivity contribution in [1.82, 2.24) is 9.71 Å². The molecule has 0 unspecified atom stereocenters. The van der Waals surface area contributed by atoms with Crippen LogP contribution in [0.1, 0.15) is 18.3 Å². The van der Waals surface area contributed by atoms with E-state index in [9.17, 15) is 0 Å². The second-order valence-corrected chi connectivity index (χ2v) is 5.09. The van der Waals surface area contributed by atoms with Crippen molar-refractivity contribution in [2.75, 3.05) is 13.7 Å². The van der Waals surface area contributed by atoms with Crippen LogP contribution in [0.25, 0.3) is 10.8 Å². The third kappa shape index (κ3) is 3.73. The number of hydrogen-bond acceptors (Lipinski definition) is 4. The van der Waals surface area contributed by atoms with Gasteiger partial charge in [0.1, 0.15) is 18.5 Å². The van der Waals surface area contributed by atoms with E-state index in [0.29, 0.717) is 11.4 Å². The number of pyridine rings is 1. The van der Waals surface area contributed by atoms with E-state index in [1.165, 1.54) is 7.11 Å². The van der Waals surface area contributed by atoms with Gasteiger partial charge in [-0.1, -0.05) is 41.4 Å². The Morgan fingerprint density at radius 2 is 1.88 bits per heavy atom. The molecule has 1 aromatic carbocycles. The Morgan fingerprint density at radius 3 is 2.58 bits per heavy atom. The van der Waals surface area contributed by atoms with Gasteiger partial charge in [-0.05, 0) is 25.0 Å². The molecule has 120 valence electrons. The average molecular weight is 319 g/mol. The highest BCUT2D eigenvalue weighted by Crippen LogP contribution is 2.13. The van der Waals surface area contributed by atoms with E-state index >= 15 is 0 Å². The second-order valence-electron chi connectivity index (χ2n) is 5.09. The van der Waals surface area contributed by atoms with E-state index in [2.05, 4.69) is 22.0 Å². The van der Waals surface area contributed by atoms with E-state index in [1.54, 1.807) is 4.73 Å². The summed E-state index contributed by atoms with van der Waals surface area (Å²) in [6, 6.07) is 13.7. The lowest BCUT2D eigenvalue weighted by Crippen LogP contribution is -2.08. The van der Waals surface area contributed by atoms with E-state index in [4.69, 9.17) is 9.68 Å². The summed E-state index contributed by atoms with van der Waals surface area (Å²) >= 11 is 0. The average Bonchev–Trinajstić information content (AvgIpc) is 3.02. The maximum absolute atomic E-state index is 5.60. The zero-order valence-electron chi connectivity index (χ0n) is 13.6. The van der Waals surface area contributed by atoms with Gasteiger partial charge in [-0.3, -0.25) is 0 Å². The fourth-order valence-electron chi connectivity index (χ4n) is 2.25. The number of rotatable bonds is 4. The van der Waals surface area contributed by atoms with E-state index in [1.807, 2.05) is 61.8 Å². The molecule has 3 aromatic rings. The van der Waals surface area contributed by atoms with Gasteiger partial charge in [-0.15, -0.1) is 0 Å². The monoisotopic (exact) mass is 319 g/mol. The number of nitrogens with zero attached hydrogens (tertiary/aromatic N) is 3. The van der Waals surface area contributed by atoms with Gasteiger partial charge in [0.2, 0.25) is 0 Å². The fourth-order valence-corrected chi connectivity index (χ4v) is 2.25. The van der Waals surface area contributed by atoms with Crippen molar-refractivity contribution < 1.29 is 9.68 Å². The topological polar surface area (TPSA) is 48.6 Å². The maximum Gasteiger partial charge on any atom is 0.175 e. The summed E-state index contributed by atoms with van der Waals surface area (Å²) in [4.78, 5) is 14.8. The van der Waals surface area contributed by atoms with Crippen molar-refractivity contribution in [3.63, 3.8) is 0 Å². The van der Waals surface area contributed by atoms with Crippen LogP contribution in [0.2, 0.25) is 0 Å². The number of oxime groups is 1. The van der Waals surface area contributed by atoms with Crippen LogP contribution in [-0.2, 0) is 4.84 Å². The Kier molecular flexibility index (Phi) is 4.78. The predicted octanol–water partition coefficient (Wildman–Crippen LogP) is 2.89. The van der Waals surface area contributed by atoms with Crippen molar-refractivity contribution in [3.05, 3.63) is 66.2 Å². The molecule has 2 aromatic heterocycles.